The highest BCUT2D eigenvalue weighted by Crippen LogP contribution is 2.41. The van der Waals surface area contributed by atoms with E-state index in [1.54, 1.807) is 0 Å². The number of aromatic nitrogens is 1. The van der Waals surface area contributed by atoms with Crippen molar-refractivity contribution in [3.63, 3.8) is 0 Å². The van der Waals surface area contributed by atoms with Gasteiger partial charge in [0, 0.05) is 6.20 Å². The second kappa shape index (κ2) is 4.84. The number of nitrogens with zero attached hydrogens (tertiary/aromatic N) is 2. The van der Waals surface area contributed by atoms with Crippen LogP contribution in [0.5, 0.6) is 0 Å². The molecule has 0 aliphatic rings. The summed E-state index contributed by atoms with van der Waals surface area (Å²) in [5, 5.41) is 7.43. The van der Waals surface area contributed by atoms with E-state index in [0.29, 0.717) is 6.20 Å². The normalized spacial score (nSPS) is 11.6. The molecule has 8 heteroatoms. The van der Waals surface area contributed by atoms with Crippen LogP contribution < -0.4 is 0 Å². The zero-order valence-corrected chi connectivity index (χ0v) is 8.78. The molecule has 0 saturated carbocycles. The van der Waals surface area contributed by atoms with Crippen LogP contribution in [0.25, 0.3) is 0 Å². The molecule has 0 bridgehead atoms. The molecule has 92 valence electrons. The number of halogens is 6. The molecule has 0 radical (unpaired) electrons. The Balaban J connectivity index is 3.57. The quantitative estimate of drug-likeness (QED) is 0.606. The van der Waals surface area contributed by atoms with E-state index in [4.69, 9.17) is 16.9 Å². The summed E-state index contributed by atoms with van der Waals surface area (Å²) in [6.07, 6.45) is -8.41. The van der Waals surface area contributed by atoms with E-state index in [0.717, 1.165) is 0 Å². The Hall–Kier alpha value is -1.42. The minimum Gasteiger partial charge on any atom is -0.244 e. The summed E-state index contributed by atoms with van der Waals surface area (Å²) in [4.78, 5) is 3.23. The summed E-state index contributed by atoms with van der Waals surface area (Å²) in [7, 11) is 0. The molecule has 0 aliphatic heterocycles. The monoisotopic (exact) mass is 270 g/mol. The van der Waals surface area contributed by atoms with Crippen molar-refractivity contribution in [3.8, 4) is 6.07 Å². The van der Waals surface area contributed by atoms with E-state index in [-0.39, 0.29) is 0 Å². The van der Waals surface area contributed by atoms with Crippen LogP contribution in [0, 0.1) is 11.3 Å². The number of hydrogen-bond donors (Lipinski definition) is 0. The molecule has 0 amide bonds. The number of alkyl halides is 5. The Morgan fingerprint density at radius 3 is 2.41 bits per heavy atom. The molecule has 0 spiro atoms. The Morgan fingerprint density at radius 2 is 2.00 bits per heavy atom. The first-order valence-corrected chi connectivity index (χ1v) is 4.56. The Kier molecular flexibility index (Phi) is 3.88. The van der Waals surface area contributed by atoms with Gasteiger partial charge in [0.05, 0.1) is 23.6 Å². The van der Waals surface area contributed by atoms with Gasteiger partial charge in [0.15, 0.2) is 0 Å². The van der Waals surface area contributed by atoms with Gasteiger partial charge in [0.2, 0.25) is 0 Å². The first kappa shape index (κ1) is 13.6. The number of pyridine rings is 1. The van der Waals surface area contributed by atoms with E-state index < -0.39 is 40.9 Å². The maximum atomic E-state index is 12.6. The van der Waals surface area contributed by atoms with Gasteiger partial charge in [-0.1, -0.05) is 11.6 Å². The predicted octanol–water partition coefficient (Wildman–Crippen LogP) is 3.76. The van der Waals surface area contributed by atoms with Crippen LogP contribution in [-0.4, -0.2) is 4.98 Å². The second-order valence-electron chi connectivity index (χ2n) is 3.00. The molecule has 1 aromatic rings. The zero-order chi connectivity index (χ0) is 13.2. The number of hydrogen-bond acceptors (Lipinski definition) is 2. The number of nitriles is 1. The molecular formula is C9H4ClF5N2. The van der Waals surface area contributed by atoms with Crippen molar-refractivity contribution < 1.29 is 22.0 Å². The second-order valence-corrected chi connectivity index (χ2v) is 3.35. The van der Waals surface area contributed by atoms with Crippen molar-refractivity contribution in [2.75, 3.05) is 0 Å². The summed E-state index contributed by atoms with van der Waals surface area (Å²) in [6.45, 7) is 0. The maximum Gasteiger partial charge on any atom is 0.417 e. The third kappa shape index (κ3) is 2.82. The lowest BCUT2D eigenvalue weighted by Gasteiger charge is -2.16. The van der Waals surface area contributed by atoms with Gasteiger partial charge in [0.1, 0.15) is 5.15 Å². The summed E-state index contributed by atoms with van der Waals surface area (Å²) >= 11 is 5.23. The molecule has 1 heterocycles. The maximum absolute atomic E-state index is 12.6. The van der Waals surface area contributed by atoms with Crippen molar-refractivity contribution >= 4 is 11.6 Å². The number of rotatable bonds is 2. The van der Waals surface area contributed by atoms with Gasteiger partial charge in [-0.3, -0.25) is 0 Å². The highest BCUT2D eigenvalue weighted by atomic mass is 35.5. The zero-order valence-electron chi connectivity index (χ0n) is 8.02. The van der Waals surface area contributed by atoms with Crippen LogP contribution in [0.2, 0.25) is 5.15 Å². The minimum atomic E-state index is -5.01. The van der Waals surface area contributed by atoms with Gasteiger partial charge in [-0.15, -0.1) is 0 Å². The van der Waals surface area contributed by atoms with E-state index >= 15 is 0 Å². The van der Waals surface area contributed by atoms with Crippen LogP contribution in [0.3, 0.4) is 0 Å². The van der Waals surface area contributed by atoms with E-state index in [1.165, 1.54) is 6.07 Å². The fourth-order valence-corrected chi connectivity index (χ4v) is 1.52. The van der Waals surface area contributed by atoms with Crippen molar-refractivity contribution in [2.24, 2.45) is 0 Å². The molecular weight excluding hydrogens is 267 g/mol. The average molecular weight is 271 g/mol. The molecule has 17 heavy (non-hydrogen) atoms. The fraction of sp³-hybridized carbons (Fsp3) is 0.333. The highest BCUT2D eigenvalue weighted by molar-refractivity contribution is 6.30. The minimum absolute atomic E-state index is 0.611. The summed E-state index contributed by atoms with van der Waals surface area (Å²) in [6, 6.07) is 1.45. The molecule has 0 N–H and O–H groups in total. The third-order valence-electron chi connectivity index (χ3n) is 1.92. The van der Waals surface area contributed by atoms with Crippen LogP contribution in [0.4, 0.5) is 22.0 Å². The molecule has 0 atom stereocenters. The molecule has 1 rings (SSSR count). The van der Waals surface area contributed by atoms with Crippen molar-refractivity contribution in [2.45, 2.75) is 19.0 Å². The summed E-state index contributed by atoms with van der Waals surface area (Å²) < 4.78 is 63.0. The standard InChI is InChI=1S/C9H4ClF5N2/c10-7-5(8(11)12)6(9(13,14)15)4(1-2-16)3-17-7/h3,8H,1H2. The first-order chi connectivity index (χ1) is 7.79. The van der Waals surface area contributed by atoms with E-state index in [9.17, 15) is 22.0 Å². The predicted molar refractivity (Wildman–Crippen MR) is 48.5 cm³/mol. The molecule has 0 saturated heterocycles. The van der Waals surface area contributed by atoms with Crippen LogP contribution >= 0.6 is 11.6 Å². The molecule has 1 aromatic heterocycles. The summed E-state index contributed by atoms with van der Waals surface area (Å²) in [5.74, 6) is 0. The largest absolute Gasteiger partial charge is 0.417 e. The van der Waals surface area contributed by atoms with E-state index in [2.05, 4.69) is 4.98 Å². The lowest BCUT2D eigenvalue weighted by molar-refractivity contribution is -0.140. The van der Waals surface area contributed by atoms with Gasteiger partial charge >= 0.3 is 6.18 Å². The third-order valence-corrected chi connectivity index (χ3v) is 2.22. The van der Waals surface area contributed by atoms with Crippen LogP contribution in [-0.2, 0) is 12.6 Å². The van der Waals surface area contributed by atoms with Gasteiger partial charge < -0.3 is 0 Å². The Bertz CT molecular complexity index is 464. The molecule has 0 fully saturated rings. The molecule has 2 nitrogen and oxygen atoms in total. The lowest BCUT2D eigenvalue weighted by Crippen LogP contribution is -2.14. The van der Waals surface area contributed by atoms with Gasteiger partial charge in [-0.05, 0) is 5.56 Å². The molecule has 0 aliphatic carbocycles. The summed E-state index contributed by atoms with van der Waals surface area (Å²) in [5.41, 5.74) is -3.57. The lowest BCUT2D eigenvalue weighted by atomic mass is 10.0. The average Bonchev–Trinajstić information content (AvgIpc) is 2.18. The Labute approximate surface area is 97.6 Å². The molecule has 0 aromatic carbocycles. The van der Waals surface area contributed by atoms with E-state index in [1.807, 2.05) is 0 Å². The van der Waals surface area contributed by atoms with Crippen LogP contribution in [0.15, 0.2) is 6.20 Å². The fourth-order valence-electron chi connectivity index (χ4n) is 1.30. The molecule has 0 unspecified atom stereocenters. The van der Waals surface area contributed by atoms with Crippen LogP contribution in [0.1, 0.15) is 23.1 Å². The first-order valence-electron chi connectivity index (χ1n) is 4.18. The topological polar surface area (TPSA) is 36.7 Å². The highest BCUT2D eigenvalue weighted by Gasteiger charge is 2.40. The SMILES string of the molecule is N#CCc1cnc(Cl)c(C(F)F)c1C(F)(F)F. The Morgan fingerprint density at radius 1 is 1.41 bits per heavy atom. The van der Waals surface area contributed by atoms with Crippen molar-refractivity contribution in [3.05, 3.63) is 28.0 Å². The van der Waals surface area contributed by atoms with Gasteiger partial charge in [0.25, 0.3) is 6.43 Å². The van der Waals surface area contributed by atoms with Gasteiger partial charge in [-0.25, -0.2) is 13.8 Å². The van der Waals surface area contributed by atoms with Gasteiger partial charge in [-0.2, -0.15) is 18.4 Å². The smallest absolute Gasteiger partial charge is 0.244 e. The van der Waals surface area contributed by atoms with Crippen molar-refractivity contribution in [1.82, 2.24) is 4.98 Å². The van der Waals surface area contributed by atoms with Crippen molar-refractivity contribution in [1.29, 1.82) is 5.26 Å².